The van der Waals surface area contributed by atoms with Gasteiger partial charge in [-0.25, -0.2) is 14.8 Å². The zero-order chi connectivity index (χ0) is 17.7. The van der Waals surface area contributed by atoms with Crippen LogP contribution >= 0.6 is 0 Å². The Balaban J connectivity index is 2.00. The highest BCUT2D eigenvalue weighted by Gasteiger charge is 2.19. The fourth-order valence-corrected chi connectivity index (χ4v) is 2.97. The van der Waals surface area contributed by atoms with Crippen molar-refractivity contribution in [1.29, 1.82) is 0 Å². The van der Waals surface area contributed by atoms with E-state index >= 15 is 0 Å². The van der Waals surface area contributed by atoms with Gasteiger partial charge in [0.2, 0.25) is 0 Å². The lowest BCUT2D eigenvalue weighted by Crippen LogP contribution is -1.97. The van der Waals surface area contributed by atoms with E-state index in [1.54, 1.807) is 29.6 Å². The summed E-state index contributed by atoms with van der Waals surface area (Å²) in [5, 5.41) is 14.8. The molecule has 0 fully saturated rings. The zero-order valence-electron chi connectivity index (χ0n) is 13.9. The number of nitrogens with zero attached hydrogens (tertiary/aromatic N) is 5. The van der Waals surface area contributed by atoms with Crippen molar-refractivity contribution in [3.05, 3.63) is 36.2 Å². The van der Waals surface area contributed by atoms with Crippen LogP contribution in [0.1, 0.15) is 10.4 Å². The third-order valence-corrected chi connectivity index (χ3v) is 4.20. The van der Waals surface area contributed by atoms with Gasteiger partial charge in [0.05, 0.1) is 18.8 Å². The predicted molar refractivity (Wildman–Crippen MR) is 91.7 cm³/mol. The van der Waals surface area contributed by atoms with Crippen LogP contribution in [0.4, 0.5) is 0 Å². The molecule has 8 heteroatoms. The van der Waals surface area contributed by atoms with Gasteiger partial charge < -0.3 is 14.4 Å². The summed E-state index contributed by atoms with van der Waals surface area (Å²) in [5.74, 6) is -0.327. The Hall–Kier alpha value is -3.42. The predicted octanol–water partition coefficient (Wildman–Crippen LogP) is 2.23. The average molecular weight is 337 g/mol. The van der Waals surface area contributed by atoms with Crippen LogP contribution in [0.15, 0.2) is 30.6 Å². The minimum atomic E-state index is -1.04. The van der Waals surface area contributed by atoms with Crippen molar-refractivity contribution < 1.29 is 14.6 Å². The maximum Gasteiger partial charge on any atom is 0.339 e. The Bertz CT molecular complexity index is 1140. The SMILES string of the molecule is COc1ccc2c(c1)c(-c1cnc3c(n1)c(C(=O)O)cn3C)nn2C. The number of benzene rings is 1. The molecular weight excluding hydrogens is 322 g/mol. The summed E-state index contributed by atoms with van der Waals surface area (Å²) >= 11 is 0. The molecule has 0 saturated heterocycles. The molecule has 3 aromatic heterocycles. The standard InChI is InChI=1S/C17H15N5O3/c1-21-8-11(17(23)24)15-16(21)18-7-12(19-15)14-10-6-9(25-3)4-5-13(10)22(2)20-14/h4-8H,1-3H3,(H,23,24). The van der Waals surface area contributed by atoms with Crippen LogP contribution in [-0.2, 0) is 14.1 Å². The third kappa shape index (κ3) is 2.22. The largest absolute Gasteiger partial charge is 0.497 e. The number of hydrogen-bond acceptors (Lipinski definition) is 5. The van der Waals surface area contributed by atoms with Crippen LogP contribution in [0.5, 0.6) is 5.75 Å². The summed E-state index contributed by atoms with van der Waals surface area (Å²) in [6, 6.07) is 5.66. The second-order valence-electron chi connectivity index (χ2n) is 5.74. The molecule has 1 aromatic carbocycles. The third-order valence-electron chi connectivity index (χ3n) is 4.20. The van der Waals surface area contributed by atoms with Crippen LogP contribution in [0.25, 0.3) is 33.5 Å². The van der Waals surface area contributed by atoms with Gasteiger partial charge in [-0.1, -0.05) is 0 Å². The molecule has 8 nitrogen and oxygen atoms in total. The van der Waals surface area contributed by atoms with E-state index in [9.17, 15) is 9.90 Å². The van der Waals surface area contributed by atoms with Crippen LogP contribution in [0.3, 0.4) is 0 Å². The van der Waals surface area contributed by atoms with Crippen molar-refractivity contribution in [1.82, 2.24) is 24.3 Å². The number of carboxylic acid groups (broad SMARTS) is 1. The van der Waals surface area contributed by atoms with Crippen molar-refractivity contribution in [2.24, 2.45) is 14.1 Å². The lowest BCUT2D eigenvalue weighted by Gasteiger charge is -2.01. The van der Waals surface area contributed by atoms with Crippen LogP contribution in [0.2, 0.25) is 0 Å². The molecule has 4 rings (SSSR count). The van der Waals surface area contributed by atoms with Crippen LogP contribution in [0, 0.1) is 0 Å². The highest BCUT2D eigenvalue weighted by molar-refractivity contribution is 6.01. The highest BCUT2D eigenvalue weighted by Crippen LogP contribution is 2.30. The van der Waals surface area contributed by atoms with Gasteiger partial charge in [0.15, 0.2) is 5.65 Å². The number of ether oxygens (including phenoxy) is 1. The molecule has 4 aromatic rings. The van der Waals surface area contributed by atoms with Gasteiger partial charge in [0, 0.05) is 25.7 Å². The van der Waals surface area contributed by atoms with Gasteiger partial charge in [-0.15, -0.1) is 0 Å². The van der Waals surface area contributed by atoms with Crippen molar-refractivity contribution in [2.75, 3.05) is 7.11 Å². The molecular formula is C17H15N5O3. The molecule has 0 unspecified atom stereocenters. The van der Waals surface area contributed by atoms with Gasteiger partial charge in [0.1, 0.15) is 28.2 Å². The van der Waals surface area contributed by atoms with Gasteiger partial charge in [-0.3, -0.25) is 4.68 Å². The second-order valence-corrected chi connectivity index (χ2v) is 5.74. The van der Waals surface area contributed by atoms with Crippen molar-refractivity contribution in [3.63, 3.8) is 0 Å². The Morgan fingerprint density at radius 1 is 1.28 bits per heavy atom. The summed E-state index contributed by atoms with van der Waals surface area (Å²) in [4.78, 5) is 20.4. The number of aromatic carboxylic acids is 1. The monoisotopic (exact) mass is 337 g/mol. The van der Waals surface area contributed by atoms with Crippen LogP contribution < -0.4 is 4.74 Å². The Kier molecular flexibility index (Phi) is 3.21. The van der Waals surface area contributed by atoms with Crippen molar-refractivity contribution in [3.8, 4) is 17.1 Å². The van der Waals surface area contributed by atoms with E-state index in [0.29, 0.717) is 28.3 Å². The molecule has 1 N–H and O–H groups in total. The molecule has 0 amide bonds. The first-order valence-corrected chi connectivity index (χ1v) is 7.56. The summed E-state index contributed by atoms with van der Waals surface area (Å²) in [7, 11) is 5.19. The maximum absolute atomic E-state index is 11.5. The van der Waals surface area contributed by atoms with Gasteiger partial charge >= 0.3 is 5.97 Å². The van der Waals surface area contributed by atoms with E-state index in [1.165, 1.54) is 6.20 Å². The summed E-state index contributed by atoms with van der Waals surface area (Å²) in [6.07, 6.45) is 3.12. The minimum Gasteiger partial charge on any atom is -0.497 e. The first kappa shape index (κ1) is 15.1. The molecule has 3 heterocycles. The number of methoxy groups -OCH3 is 1. The maximum atomic E-state index is 11.5. The normalized spacial score (nSPS) is 11.3. The highest BCUT2D eigenvalue weighted by atomic mass is 16.5. The molecule has 0 bridgehead atoms. The quantitative estimate of drug-likeness (QED) is 0.616. The van der Waals surface area contributed by atoms with E-state index in [2.05, 4.69) is 15.1 Å². The molecule has 0 aliphatic heterocycles. The Morgan fingerprint density at radius 3 is 2.80 bits per heavy atom. The number of fused-ring (bicyclic) bond motifs is 2. The molecule has 25 heavy (non-hydrogen) atoms. The van der Waals surface area contributed by atoms with Crippen LogP contribution in [-0.4, -0.2) is 42.5 Å². The van der Waals surface area contributed by atoms with Crippen molar-refractivity contribution >= 4 is 28.0 Å². The molecule has 0 saturated carbocycles. The van der Waals surface area contributed by atoms with Gasteiger partial charge in [-0.2, -0.15) is 5.10 Å². The fourth-order valence-electron chi connectivity index (χ4n) is 2.97. The molecule has 0 aliphatic rings. The first-order chi connectivity index (χ1) is 12.0. The minimum absolute atomic E-state index is 0.115. The number of carboxylic acids is 1. The molecule has 126 valence electrons. The van der Waals surface area contributed by atoms with Crippen molar-refractivity contribution in [2.45, 2.75) is 0 Å². The zero-order valence-corrected chi connectivity index (χ0v) is 13.9. The van der Waals surface area contributed by atoms with E-state index in [0.717, 1.165) is 10.9 Å². The average Bonchev–Trinajstić information content (AvgIpc) is 3.12. The summed E-state index contributed by atoms with van der Waals surface area (Å²) in [6.45, 7) is 0. The summed E-state index contributed by atoms with van der Waals surface area (Å²) < 4.78 is 8.69. The van der Waals surface area contributed by atoms with E-state index < -0.39 is 5.97 Å². The lowest BCUT2D eigenvalue weighted by molar-refractivity contribution is 0.0698. The number of aromatic nitrogens is 5. The number of hydrogen-bond donors (Lipinski definition) is 1. The van der Waals surface area contributed by atoms with E-state index in [4.69, 9.17) is 4.74 Å². The number of carbonyl (C=O) groups is 1. The smallest absolute Gasteiger partial charge is 0.339 e. The number of aryl methyl sites for hydroxylation is 2. The van der Waals surface area contributed by atoms with Gasteiger partial charge in [-0.05, 0) is 18.2 Å². The first-order valence-electron chi connectivity index (χ1n) is 7.56. The number of rotatable bonds is 3. The topological polar surface area (TPSA) is 95.1 Å². The summed E-state index contributed by atoms with van der Waals surface area (Å²) in [5.41, 5.74) is 3.04. The van der Waals surface area contributed by atoms with Gasteiger partial charge in [0.25, 0.3) is 0 Å². The van der Waals surface area contributed by atoms with E-state index in [-0.39, 0.29) is 5.56 Å². The Labute approximate surface area is 142 Å². The lowest BCUT2D eigenvalue weighted by atomic mass is 10.1. The molecule has 0 spiro atoms. The van der Waals surface area contributed by atoms with E-state index in [1.807, 2.05) is 25.2 Å². The second kappa shape index (κ2) is 5.30. The molecule has 0 atom stereocenters. The molecule has 0 aliphatic carbocycles. The fraction of sp³-hybridized carbons (Fsp3) is 0.176. The Morgan fingerprint density at radius 2 is 2.08 bits per heavy atom. The molecule has 0 radical (unpaired) electrons.